The molecule has 0 atom stereocenters. The molecule has 0 aliphatic carbocycles. The first kappa shape index (κ1) is 16.6. The molecular formula is C19H15N5O3. The predicted molar refractivity (Wildman–Crippen MR) is 96.4 cm³/mol. The van der Waals surface area contributed by atoms with Crippen molar-refractivity contribution in [3.63, 3.8) is 0 Å². The average molecular weight is 361 g/mol. The van der Waals surface area contributed by atoms with Gasteiger partial charge < -0.3 is 5.32 Å². The van der Waals surface area contributed by atoms with Gasteiger partial charge in [0.1, 0.15) is 0 Å². The molecule has 2 heterocycles. The predicted octanol–water partition coefficient (Wildman–Crippen LogP) is 1.80. The number of hydrogen-bond acceptors (Lipinski definition) is 5. The Balaban J connectivity index is 1.49. The summed E-state index contributed by atoms with van der Waals surface area (Å²) in [7, 11) is 1.42. The highest BCUT2D eigenvalue weighted by Gasteiger charge is 2.32. The highest BCUT2D eigenvalue weighted by Crippen LogP contribution is 2.24. The van der Waals surface area contributed by atoms with Gasteiger partial charge >= 0.3 is 0 Å². The van der Waals surface area contributed by atoms with Crippen molar-refractivity contribution >= 4 is 23.4 Å². The maximum atomic E-state index is 12.4. The van der Waals surface area contributed by atoms with Crippen molar-refractivity contribution in [2.75, 3.05) is 12.4 Å². The van der Waals surface area contributed by atoms with Crippen LogP contribution >= 0.6 is 0 Å². The van der Waals surface area contributed by atoms with Gasteiger partial charge in [-0.3, -0.25) is 19.3 Å². The van der Waals surface area contributed by atoms with Gasteiger partial charge in [-0.05, 0) is 23.8 Å². The third-order valence-corrected chi connectivity index (χ3v) is 4.31. The quantitative estimate of drug-likeness (QED) is 0.715. The molecule has 8 nitrogen and oxygen atoms in total. The van der Waals surface area contributed by atoms with Crippen LogP contribution in [0.1, 0.15) is 36.8 Å². The maximum absolute atomic E-state index is 12.4. The minimum absolute atomic E-state index is 0.158. The average Bonchev–Trinajstić information content (AvgIpc) is 3.22. The van der Waals surface area contributed by atoms with E-state index in [9.17, 15) is 14.4 Å². The van der Waals surface area contributed by atoms with E-state index in [1.165, 1.54) is 19.2 Å². The molecule has 8 heteroatoms. The Hall–Kier alpha value is -3.81. The first-order chi connectivity index (χ1) is 13.0. The normalized spacial score (nSPS) is 13.0. The molecule has 0 bridgehead atoms. The Morgan fingerprint density at radius 3 is 2.56 bits per heavy atom. The fourth-order valence-corrected chi connectivity index (χ4v) is 2.88. The zero-order chi connectivity index (χ0) is 19.0. The number of hydrogen-bond donors (Lipinski definition) is 1. The van der Waals surface area contributed by atoms with Gasteiger partial charge in [0, 0.05) is 12.7 Å². The summed E-state index contributed by atoms with van der Waals surface area (Å²) in [5.41, 5.74) is 2.21. The Kier molecular flexibility index (Phi) is 4.00. The Morgan fingerprint density at radius 2 is 1.78 bits per heavy atom. The number of carbonyl (C=O) groups excluding carboxylic acids is 3. The lowest BCUT2D eigenvalue weighted by molar-refractivity contribution is 0.0692. The summed E-state index contributed by atoms with van der Waals surface area (Å²) in [4.78, 5) is 37.4. The highest BCUT2D eigenvalue weighted by molar-refractivity contribution is 6.21. The molecule has 2 aromatic carbocycles. The van der Waals surface area contributed by atoms with Gasteiger partial charge in [-0.1, -0.05) is 35.5 Å². The molecule has 0 saturated heterocycles. The van der Waals surface area contributed by atoms with E-state index in [0.717, 1.165) is 10.5 Å². The van der Waals surface area contributed by atoms with E-state index in [4.69, 9.17) is 0 Å². The highest BCUT2D eigenvalue weighted by atomic mass is 16.2. The number of fused-ring (bicyclic) bond motifs is 1. The van der Waals surface area contributed by atoms with E-state index < -0.39 is 5.91 Å². The number of benzene rings is 2. The van der Waals surface area contributed by atoms with Crippen molar-refractivity contribution in [2.24, 2.45) is 0 Å². The molecule has 134 valence electrons. The summed E-state index contributed by atoms with van der Waals surface area (Å²) in [5, 5.41) is 10.5. The number of imide groups is 1. The molecule has 27 heavy (non-hydrogen) atoms. The van der Waals surface area contributed by atoms with E-state index >= 15 is 0 Å². The van der Waals surface area contributed by atoms with Crippen molar-refractivity contribution in [3.8, 4) is 0 Å². The minimum atomic E-state index is -0.445. The van der Waals surface area contributed by atoms with E-state index in [-0.39, 0.29) is 23.1 Å². The lowest BCUT2D eigenvalue weighted by Crippen LogP contribution is -2.24. The van der Waals surface area contributed by atoms with Gasteiger partial charge in [0.2, 0.25) is 0 Å². The molecule has 3 aromatic rings. The van der Waals surface area contributed by atoms with Crippen LogP contribution in [0.2, 0.25) is 0 Å². The van der Waals surface area contributed by atoms with Gasteiger partial charge in [-0.25, -0.2) is 4.68 Å². The zero-order valence-corrected chi connectivity index (χ0v) is 14.4. The lowest BCUT2D eigenvalue weighted by atomic mass is 10.1. The summed E-state index contributed by atoms with van der Waals surface area (Å²) in [5.74, 6) is -1.18. The second-order valence-corrected chi connectivity index (χ2v) is 6.17. The van der Waals surface area contributed by atoms with E-state index in [0.29, 0.717) is 17.8 Å². The molecule has 1 aromatic heterocycles. The minimum Gasteiger partial charge on any atom is -0.321 e. The number of nitrogens with one attached hydrogen (secondary N) is 1. The number of amides is 3. The number of nitrogens with zero attached hydrogens (tertiary/aromatic N) is 4. The van der Waals surface area contributed by atoms with Gasteiger partial charge in [0.05, 0.1) is 23.9 Å². The zero-order valence-electron chi connectivity index (χ0n) is 14.4. The molecule has 4 rings (SSSR count). The van der Waals surface area contributed by atoms with Crippen LogP contribution in [0.15, 0.2) is 54.7 Å². The third kappa shape index (κ3) is 3.08. The molecule has 3 amide bonds. The van der Waals surface area contributed by atoms with Gasteiger partial charge in [0.15, 0.2) is 5.69 Å². The Bertz CT molecular complexity index is 1060. The number of anilines is 1. The van der Waals surface area contributed by atoms with Crippen LogP contribution in [-0.2, 0) is 6.54 Å². The number of aromatic nitrogens is 3. The monoisotopic (exact) mass is 361 g/mol. The van der Waals surface area contributed by atoms with Crippen molar-refractivity contribution in [1.82, 2.24) is 19.9 Å². The smallest absolute Gasteiger partial charge is 0.277 e. The van der Waals surface area contributed by atoms with Crippen LogP contribution in [0.3, 0.4) is 0 Å². The molecule has 0 saturated carbocycles. The number of carbonyl (C=O) groups is 3. The van der Waals surface area contributed by atoms with E-state index in [2.05, 4.69) is 15.6 Å². The van der Waals surface area contributed by atoms with Crippen LogP contribution in [0.4, 0.5) is 5.69 Å². The molecule has 1 aliphatic rings. The summed E-state index contributed by atoms with van der Waals surface area (Å²) in [6.45, 7) is 0.503. The molecule has 0 fully saturated rings. The van der Waals surface area contributed by atoms with Crippen molar-refractivity contribution in [3.05, 3.63) is 77.1 Å². The van der Waals surface area contributed by atoms with Gasteiger partial charge in [-0.2, -0.15) is 0 Å². The lowest BCUT2D eigenvalue weighted by Gasteiger charge is -2.04. The number of rotatable bonds is 4. The summed E-state index contributed by atoms with van der Waals surface area (Å²) in [6, 6.07) is 14.3. The first-order valence-corrected chi connectivity index (χ1v) is 8.25. The van der Waals surface area contributed by atoms with E-state index in [1.54, 1.807) is 16.9 Å². The van der Waals surface area contributed by atoms with Crippen LogP contribution in [0.5, 0.6) is 0 Å². The van der Waals surface area contributed by atoms with Crippen LogP contribution in [0.25, 0.3) is 0 Å². The van der Waals surface area contributed by atoms with Crippen LogP contribution in [-0.4, -0.2) is 44.7 Å². The fraction of sp³-hybridized carbons (Fsp3) is 0.105. The summed E-state index contributed by atoms with van der Waals surface area (Å²) < 4.78 is 1.57. The van der Waals surface area contributed by atoms with Crippen molar-refractivity contribution in [2.45, 2.75) is 6.54 Å². The SMILES string of the molecule is CN1C(=O)c2ccc(NC(=O)c3cn(Cc4ccccc4)nn3)cc2C1=O. The summed E-state index contributed by atoms with van der Waals surface area (Å²) >= 11 is 0. The Labute approximate surface area is 154 Å². The summed E-state index contributed by atoms with van der Waals surface area (Å²) in [6.07, 6.45) is 1.55. The van der Waals surface area contributed by atoms with Crippen LogP contribution in [0, 0.1) is 0 Å². The fourth-order valence-electron chi connectivity index (χ4n) is 2.88. The van der Waals surface area contributed by atoms with Crippen molar-refractivity contribution < 1.29 is 14.4 Å². The topological polar surface area (TPSA) is 97.2 Å². The maximum Gasteiger partial charge on any atom is 0.277 e. The second kappa shape index (κ2) is 6.49. The van der Waals surface area contributed by atoms with Gasteiger partial charge in [0.25, 0.3) is 17.7 Å². The molecule has 0 unspecified atom stereocenters. The third-order valence-electron chi connectivity index (χ3n) is 4.31. The van der Waals surface area contributed by atoms with Crippen LogP contribution < -0.4 is 5.32 Å². The van der Waals surface area contributed by atoms with Gasteiger partial charge in [-0.15, -0.1) is 5.10 Å². The van der Waals surface area contributed by atoms with Crippen molar-refractivity contribution in [1.29, 1.82) is 0 Å². The molecular weight excluding hydrogens is 346 g/mol. The molecule has 0 spiro atoms. The molecule has 0 radical (unpaired) electrons. The first-order valence-electron chi connectivity index (χ1n) is 8.25. The largest absolute Gasteiger partial charge is 0.321 e. The molecule has 1 N–H and O–H groups in total. The second-order valence-electron chi connectivity index (χ2n) is 6.17. The Morgan fingerprint density at radius 1 is 1.04 bits per heavy atom. The molecule has 1 aliphatic heterocycles. The van der Waals surface area contributed by atoms with E-state index in [1.807, 2.05) is 30.3 Å². The standard InChI is InChI=1S/C19H15N5O3/c1-23-18(26)14-8-7-13(9-15(14)19(23)27)20-17(25)16-11-24(22-21-16)10-12-5-3-2-4-6-12/h2-9,11H,10H2,1H3,(H,20,25).